The zero-order valence-corrected chi connectivity index (χ0v) is 20.6. The maximum absolute atomic E-state index is 12.4. The Hall–Kier alpha value is -2.35. The molecule has 6 nitrogen and oxygen atoms in total. The van der Waals surface area contributed by atoms with Gasteiger partial charge >= 0.3 is 0 Å². The maximum Gasteiger partial charge on any atom is 0.220 e. The molecule has 1 aliphatic rings. The molecule has 1 amide bonds. The quantitative estimate of drug-likeness (QED) is 0.430. The zero-order valence-electron chi connectivity index (χ0n) is 19.0. The third-order valence-electron chi connectivity index (χ3n) is 5.54. The van der Waals surface area contributed by atoms with Crippen molar-refractivity contribution < 1.29 is 9.53 Å². The Bertz CT molecular complexity index is 1090. The van der Waals surface area contributed by atoms with Gasteiger partial charge in [-0.05, 0) is 50.5 Å². The molecule has 0 saturated carbocycles. The molecule has 1 fully saturated rings. The van der Waals surface area contributed by atoms with E-state index in [-0.39, 0.29) is 12.0 Å². The van der Waals surface area contributed by atoms with E-state index in [0.29, 0.717) is 24.4 Å². The summed E-state index contributed by atoms with van der Waals surface area (Å²) in [5.74, 6) is 1.52. The van der Waals surface area contributed by atoms with E-state index >= 15 is 0 Å². The number of benzene rings is 2. The van der Waals surface area contributed by atoms with E-state index in [1.807, 2.05) is 28.8 Å². The summed E-state index contributed by atoms with van der Waals surface area (Å²) in [5, 5.41) is 13.3. The molecule has 1 aliphatic heterocycles. The lowest BCUT2D eigenvalue weighted by atomic mass is 10.1. The lowest BCUT2D eigenvalue weighted by molar-refractivity contribution is -0.121. The molecule has 1 saturated heterocycles. The Morgan fingerprint density at radius 1 is 1.21 bits per heavy atom. The second-order valence-corrected chi connectivity index (χ2v) is 9.82. The number of carbonyl (C=O) groups excluding carboxylic acids is 1. The fourth-order valence-corrected chi connectivity index (χ4v) is 5.16. The highest BCUT2D eigenvalue weighted by atomic mass is 35.5. The van der Waals surface area contributed by atoms with Gasteiger partial charge in [0.2, 0.25) is 5.91 Å². The predicted octanol–water partition coefficient (Wildman–Crippen LogP) is 5.06. The molecule has 1 unspecified atom stereocenters. The summed E-state index contributed by atoms with van der Waals surface area (Å²) in [6.07, 6.45) is 3.03. The highest BCUT2D eigenvalue weighted by molar-refractivity contribution is 7.98. The molecule has 0 aliphatic carbocycles. The van der Waals surface area contributed by atoms with Crippen molar-refractivity contribution in [3.05, 3.63) is 70.0 Å². The van der Waals surface area contributed by atoms with Crippen molar-refractivity contribution in [1.82, 2.24) is 20.1 Å². The second-order valence-electron chi connectivity index (χ2n) is 8.44. The third-order valence-corrected chi connectivity index (χ3v) is 6.78. The average Bonchev–Trinajstić information content (AvgIpc) is 3.44. The minimum absolute atomic E-state index is 0.00409. The van der Waals surface area contributed by atoms with Gasteiger partial charge in [-0.1, -0.05) is 58.8 Å². The molecule has 0 radical (unpaired) electrons. The fraction of sp³-hybridized carbons (Fsp3) is 0.400. The van der Waals surface area contributed by atoms with E-state index in [1.54, 1.807) is 11.8 Å². The van der Waals surface area contributed by atoms with Crippen LogP contribution in [0, 0.1) is 13.8 Å². The number of nitrogens with zero attached hydrogens (tertiary/aromatic N) is 3. The molecule has 8 heteroatoms. The van der Waals surface area contributed by atoms with Crippen molar-refractivity contribution in [3.63, 3.8) is 0 Å². The lowest BCUT2D eigenvalue weighted by Crippen LogP contribution is -2.32. The van der Waals surface area contributed by atoms with Gasteiger partial charge < -0.3 is 10.1 Å². The van der Waals surface area contributed by atoms with Crippen LogP contribution >= 0.6 is 23.4 Å². The van der Waals surface area contributed by atoms with Crippen LogP contribution in [0.15, 0.2) is 47.6 Å². The Kier molecular flexibility index (Phi) is 8.06. The van der Waals surface area contributed by atoms with Gasteiger partial charge in [-0.25, -0.2) is 0 Å². The van der Waals surface area contributed by atoms with Gasteiger partial charge in [0, 0.05) is 36.8 Å². The van der Waals surface area contributed by atoms with E-state index in [2.05, 4.69) is 47.6 Å². The highest BCUT2D eigenvalue weighted by Crippen LogP contribution is 2.27. The molecule has 4 rings (SSSR count). The summed E-state index contributed by atoms with van der Waals surface area (Å²) >= 11 is 7.90. The molecule has 1 N–H and O–H groups in total. The molecule has 2 aromatic carbocycles. The van der Waals surface area contributed by atoms with E-state index < -0.39 is 0 Å². The SMILES string of the molecule is Cc1cc(C)cc(CSc2nnc(CCC(=O)NCC3CCCO3)n2-c2cccc(Cl)c2)c1. The van der Waals surface area contributed by atoms with E-state index in [0.717, 1.165) is 41.9 Å². The van der Waals surface area contributed by atoms with Crippen LogP contribution in [-0.2, 0) is 21.7 Å². The smallest absolute Gasteiger partial charge is 0.220 e. The molecule has 2 heterocycles. The molecular weight excluding hydrogens is 456 g/mol. The number of aryl methyl sites for hydroxylation is 3. The molecule has 33 heavy (non-hydrogen) atoms. The van der Waals surface area contributed by atoms with Crippen LogP contribution in [0.5, 0.6) is 0 Å². The van der Waals surface area contributed by atoms with Gasteiger partial charge in [0.25, 0.3) is 0 Å². The molecular formula is C25H29ClN4O2S. The third kappa shape index (κ3) is 6.59. The van der Waals surface area contributed by atoms with Crippen molar-refractivity contribution in [2.24, 2.45) is 0 Å². The lowest BCUT2D eigenvalue weighted by Gasteiger charge is -2.12. The summed E-state index contributed by atoms with van der Waals surface area (Å²) in [4.78, 5) is 12.4. The number of thioether (sulfide) groups is 1. The molecule has 0 spiro atoms. The standard InChI is InChI=1S/C25H29ClN4O2S/c1-17-11-18(2)13-19(12-17)16-33-25-29-28-23(30(25)21-6-3-5-20(26)14-21)8-9-24(31)27-15-22-7-4-10-32-22/h3,5-6,11-14,22H,4,7-10,15-16H2,1-2H3,(H,27,31). The van der Waals surface area contributed by atoms with Crippen LogP contribution in [0.4, 0.5) is 0 Å². The van der Waals surface area contributed by atoms with Crippen LogP contribution in [-0.4, -0.2) is 39.9 Å². The Morgan fingerprint density at radius 2 is 2.03 bits per heavy atom. The molecule has 174 valence electrons. The maximum atomic E-state index is 12.4. The van der Waals surface area contributed by atoms with Crippen LogP contribution in [0.1, 0.15) is 41.8 Å². The van der Waals surface area contributed by atoms with Crippen LogP contribution < -0.4 is 5.32 Å². The van der Waals surface area contributed by atoms with Crippen LogP contribution in [0.2, 0.25) is 5.02 Å². The number of halogens is 1. The van der Waals surface area contributed by atoms with E-state index in [1.165, 1.54) is 16.7 Å². The number of nitrogens with one attached hydrogen (secondary N) is 1. The topological polar surface area (TPSA) is 69.0 Å². The Morgan fingerprint density at radius 3 is 2.76 bits per heavy atom. The van der Waals surface area contributed by atoms with Gasteiger partial charge in [0.1, 0.15) is 5.82 Å². The van der Waals surface area contributed by atoms with Crippen molar-refractivity contribution in [2.45, 2.75) is 56.5 Å². The number of aromatic nitrogens is 3. The summed E-state index contributed by atoms with van der Waals surface area (Å²) in [6.45, 7) is 5.57. The largest absolute Gasteiger partial charge is 0.376 e. The first kappa shape index (κ1) is 23.8. The van der Waals surface area contributed by atoms with Crippen LogP contribution in [0.3, 0.4) is 0 Å². The van der Waals surface area contributed by atoms with Crippen LogP contribution in [0.25, 0.3) is 5.69 Å². The fourth-order valence-electron chi connectivity index (χ4n) is 4.08. The van der Waals surface area contributed by atoms with Gasteiger partial charge in [0.15, 0.2) is 5.16 Å². The van der Waals surface area contributed by atoms with Crippen molar-refractivity contribution >= 4 is 29.3 Å². The highest BCUT2D eigenvalue weighted by Gasteiger charge is 2.18. The molecule has 1 atom stereocenters. The number of hydrogen-bond acceptors (Lipinski definition) is 5. The number of carbonyl (C=O) groups is 1. The molecule has 3 aromatic rings. The van der Waals surface area contributed by atoms with Crippen molar-refractivity contribution in [1.29, 1.82) is 0 Å². The van der Waals surface area contributed by atoms with Crippen molar-refractivity contribution in [3.8, 4) is 5.69 Å². The number of amides is 1. The van der Waals surface area contributed by atoms with Gasteiger partial charge in [-0.15, -0.1) is 10.2 Å². The average molecular weight is 485 g/mol. The molecule has 0 bridgehead atoms. The summed E-state index contributed by atoms with van der Waals surface area (Å²) in [5.41, 5.74) is 4.63. The van der Waals surface area contributed by atoms with Gasteiger partial charge in [-0.3, -0.25) is 9.36 Å². The number of rotatable bonds is 9. The molecule has 1 aromatic heterocycles. The summed E-state index contributed by atoms with van der Waals surface area (Å²) in [6, 6.07) is 14.2. The monoisotopic (exact) mass is 484 g/mol. The first-order chi connectivity index (χ1) is 16.0. The first-order valence-electron chi connectivity index (χ1n) is 11.3. The van der Waals surface area contributed by atoms with Gasteiger partial charge in [0.05, 0.1) is 11.8 Å². The Labute approximate surface area is 204 Å². The Balaban J connectivity index is 1.48. The summed E-state index contributed by atoms with van der Waals surface area (Å²) < 4.78 is 7.59. The van der Waals surface area contributed by atoms with Crippen molar-refractivity contribution in [2.75, 3.05) is 13.2 Å². The van der Waals surface area contributed by atoms with E-state index in [4.69, 9.17) is 16.3 Å². The van der Waals surface area contributed by atoms with Gasteiger partial charge in [-0.2, -0.15) is 0 Å². The normalized spacial score (nSPS) is 15.7. The minimum atomic E-state index is -0.00409. The number of ether oxygens (including phenoxy) is 1. The first-order valence-corrected chi connectivity index (χ1v) is 12.6. The van der Waals surface area contributed by atoms with E-state index in [9.17, 15) is 4.79 Å². The zero-order chi connectivity index (χ0) is 23.2. The summed E-state index contributed by atoms with van der Waals surface area (Å²) in [7, 11) is 0. The number of hydrogen-bond donors (Lipinski definition) is 1. The second kappa shape index (κ2) is 11.2. The minimum Gasteiger partial charge on any atom is -0.376 e. The predicted molar refractivity (Wildman–Crippen MR) is 132 cm³/mol.